The number of hydrogen-bond donors (Lipinski definition) is 2. The molecular weight excluding hydrogens is 374 g/mol. The van der Waals surface area contributed by atoms with Gasteiger partial charge in [-0.1, -0.05) is 12.1 Å². The lowest BCUT2D eigenvalue weighted by atomic mass is 10.0. The Morgan fingerprint density at radius 2 is 2.11 bits per heavy atom. The minimum Gasteiger partial charge on any atom is -0.467 e. The summed E-state index contributed by atoms with van der Waals surface area (Å²) >= 11 is 5.54. The minimum absolute atomic E-state index is 0.106. The van der Waals surface area contributed by atoms with Crippen molar-refractivity contribution in [2.45, 2.75) is 26.9 Å². The maximum absolute atomic E-state index is 12.7. The van der Waals surface area contributed by atoms with Gasteiger partial charge in [0.05, 0.1) is 31.5 Å². The number of aromatic amines is 1. The van der Waals surface area contributed by atoms with Gasteiger partial charge in [0.2, 0.25) is 0 Å². The Morgan fingerprint density at radius 1 is 1.29 bits per heavy atom. The molecule has 0 fully saturated rings. The maximum atomic E-state index is 12.7. The number of benzene rings is 1. The van der Waals surface area contributed by atoms with Gasteiger partial charge in [0.15, 0.2) is 5.11 Å². The van der Waals surface area contributed by atoms with Gasteiger partial charge in [-0.3, -0.25) is 4.79 Å². The highest BCUT2D eigenvalue weighted by molar-refractivity contribution is 7.80. The summed E-state index contributed by atoms with van der Waals surface area (Å²) in [5.41, 5.74) is 3.67. The Morgan fingerprint density at radius 3 is 2.82 bits per heavy atom. The summed E-state index contributed by atoms with van der Waals surface area (Å²) in [6.07, 6.45) is 1.63. The van der Waals surface area contributed by atoms with Crippen molar-refractivity contribution < 1.29 is 9.15 Å². The molecule has 0 aliphatic rings. The molecule has 0 atom stereocenters. The van der Waals surface area contributed by atoms with Gasteiger partial charge in [0, 0.05) is 19.2 Å². The monoisotopic (exact) mass is 399 g/mol. The van der Waals surface area contributed by atoms with E-state index in [9.17, 15) is 4.79 Å². The fourth-order valence-electron chi connectivity index (χ4n) is 3.06. The van der Waals surface area contributed by atoms with Crippen LogP contribution in [-0.4, -0.2) is 35.3 Å². The highest BCUT2D eigenvalue weighted by Gasteiger charge is 2.15. The van der Waals surface area contributed by atoms with Crippen molar-refractivity contribution in [1.82, 2.24) is 15.2 Å². The number of hydrogen-bond acceptors (Lipinski definition) is 4. The Balaban J connectivity index is 1.88. The van der Waals surface area contributed by atoms with Crippen molar-refractivity contribution in [2.24, 2.45) is 0 Å². The molecule has 2 heterocycles. The molecule has 0 spiro atoms. The molecule has 0 radical (unpaired) electrons. The van der Waals surface area contributed by atoms with Crippen LogP contribution in [0.5, 0.6) is 0 Å². The van der Waals surface area contributed by atoms with Crippen LogP contribution in [0.4, 0.5) is 0 Å². The topological polar surface area (TPSA) is 70.5 Å². The minimum atomic E-state index is -0.106. The molecule has 148 valence electrons. The lowest BCUT2D eigenvalue weighted by Crippen LogP contribution is -2.41. The first-order valence-corrected chi connectivity index (χ1v) is 9.56. The molecule has 1 aromatic carbocycles. The molecular formula is C21H25N3O3S. The van der Waals surface area contributed by atoms with Gasteiger partial charge in [0.1, 0.15) is 5.76 Å². The Bertz CT molecular complexity index is 1010. The van der Waals surface area contributed by atoms with E-state index in [1.54, 1.807) is 13.4 Å². The predicted molar refractivity (Wildman–Crippen MR) is 114 cm³/mol. The van der Waals surface area contributed by atoms with Crippen molar-refractivity contribution in [3.05, 3.63) is 69.4 Å². The zero-order chi connectivity index (χ0) is 20.1. The van der Waals surface area contributed by atoms with E-state index in [4.69, 9.17) is 21.4 Å². The average Bonchev–Trinajstić information content (AvgIpc) is 3.19. The van der Waals surface area contributed by atoms with Crippen LogP contribution in [-0.2, 0) is 17.8 Å². The van der Waals surface area contributed by atoms with Gasteiger partial charge in [-0.2, -0.15) is 0 Å². The van der Waals surface area contributed by atoms with E-state index >= 15 is 0 Å². The lowest BCUT2D eigenvalue weighted by Gasteiger charge is -2.25. The second-order valence-electron chi connectivity index (χ2n) is 6.76. The molecule has 0 saturated heterocycles. The van der Waals surface area contributed by atoms with E-state index in [-0.39, 0.29) is 5.56 Å². The third-order valence-electron chi connectivity index (χ3n) is 4.79. The zero-order valence-corrected chi connectivity index (χ0v) is 17.2. The number of aromatic nitrogens is 1. The van der Waals surface area contributed by atoms with Crippen molar-refractivity contribution in [1.29, 1.82) is 0 Å². The number of rotatable bonds is 7. The van der Waals surface area contributed by atoms with Gasteiger partial charge < -0.3 is 24.4 Å². The van der Waals surface area contributed by atoms with Crippen LogP contribution in [0.1, 0.15) is 22.5 Å². The normalized spacial score (nSPS) is 11.0. The SMILES string of the molecule is COCCNC(=S)N(Cc1ccco1)Cc1cc2ccc(C)c(C)c2[nH]c1=O. The van der Waals surface area contributed by atoms with Crippen LogP contribution in [0.15, 0.2) is 45.8 Å². The Labute approximate surface area is 169 Å². The van der Waals surface area contributed by atoms with E-state index in [0.717, 1.165) is 27.8 Å². The number of thiocarbonyl (C=S) groups is 1. The molecule has 3 aromatic rings. The van der Waals surface area contributed by atoms with Gasteiger partial charge in [0.25, 0.3) is 5.56 Å². The van der Waals surface area contributed by atoms with Gasteiger partial charge in [-0.25, -0.2) is 0 Å². The molecule has 28 heavy (non-hydrogen) atoms. The molecule has 0 saturated carbocycles. The standard InChI is InChI=1S/C21H25N3O3S/c1-14-6-7-16-11-17(20(25)23-19(16)15(14)2)12-24(13-18-5-4-9-27-18)21(28)22-8-10-26-3/h4-7,9,11H,8,10,12-13H2,1-3H3,(H,22,28)(H,23,25). The number of nitrogens with zero attached hydrogens (tertiary/aromatic N) is 1. The van der Waals surface area contributed by atoms with Crippen molar-refractivity contribution in [3.63, 3.8) is 0 Å². The third kappa shape index (κ3) is 4.61. The number of methoxy groups -OCH3 is 1. The summed E-state index contributed by atoms with van der Waals surface area (Å²) in [5, 5.41) is 4.73. The number of fused-ring (bicyclic) bond motifs is 1. The van der Waals surface area contributed by atoms with E-state index in [0.29, 0.717) is 36.9 Å². The Hall–Kier alpha value is -2.64. The summed E-state index contributed by atoms with van der Waals surface area (Å²) in [7, 11) is 1.64. The van der Waals surface area contributed by atoms with Gasteiger partial charge in [-0.15, -0.1) is 0 Å². The summed E-state index contributed by atoms with van der Waals surface area (Å²) < 4.78 is 10.5. The van der Waals surface area contributed by atoms with Crippen molar-refractivity contribution in [3.8, 4) is 0 Å². The molecule has 3 rings (SSSR count). The van der Waals surface area contributed by atoms with Crippen molar-refractivity contribution in [2.75, 3.05) is 20.3 Å². The molecule has 0 aliphatic carbocycles. The lowest BCUT2D eigenvalue weighted by molar-refractivity contribution is 0.202. The number of furan rings is 1. The van der Waals surface area contributed by atoms with E-state index in [2.05, 4.69) is 16.4 Å². The van der Waals surface area contributed by atoms with Crippen LogP contribution in [0.25, 0.3) is 10.9 Å². The first-order chi connectivity index (χ1) is 13.5. The number of H-pyrrole nitrogens is 1. The number of aryl methyl sites for hydroxylation is 2. The molecule has 0 aliphatic heterocycles. The molecule has 2 aromatic heterocycles. The first kappa shape index (κ1) is 20.1. The zero-order valence-electron chi connectivity index (χ0n) is 16.4. The van der Waals surface area contributed by atoms with Crippen LogP contribution >= 0.6 is 12.2 Å². The molecule has 0 unspecified atom stereocenters. The fraction of sp³-hybridized carbons (Fsp3) is 0.333. The maximum Gasteiger partial charge on any atom is 0.253 e. The van der Waals surface area contributed by atoms with Crippen LogP contribution < -0.4 is 10.9 Å². The summed E-state index contributed by atoms with van der Waals surface area (Å²) in [5.74, 6) is 0.777. The Kier molecular flexibility index (Phi) is 6.49. The largest absolute Gasteiger partial charge is 0.467 e. The molecule has 6 nitrogen and oxygen atoms in total. The van der Waals surface area contributed by atoms with E-state index < -0.39 is 0 Å². The fourth-order valence-corrected chi connectivity index (χ4v) is 3.29. The second-order valence-corrected chi connectivity index (χ2v) is 7.14. The smallest absolute Gasteiger partial charge is 0.253 e. The molecule has 0 bridgehead atoms. The highest BCUT2D eigenvalue weighted by Crippen LogP contribution is 2.19. The highest BCUT2D eigenvalue weighted by atomic mass is 32.1. The van der Waals surface area contributed by atoms with Gasteiger partial charge >= 0.3 is 0 Å². The van der Waals surface area contributed by atoms with Crippen LogP contribution in [0.3, 0.4) is 0 Å². The number of ether oxygens (including phenoxy) is 1. The average molecular weight is 400 g/mol. The summed E-state index contributed by atoms with van der Waals surface area (Å²) in [4.78, 5) is 17.7. The first-order valence-electron chi connectivity index (χ1n) is 9.16. The van der Waals surface area contributed by atoms with E-state index in [1.165, 1.54) is 0 Å². The molecule has 7 heteroatoms. The van der Waals surface area contributed by atoms with Crippen LogP contribution in [0, 0.1) is 13.8 Å². The summed E-state index contributed by atoms with van der Waals surface area (Å²) in [6, 6.07) is 9.76. The quantitative estimate of drug-likeness (QED) is 0.469. The van der Waals surface area contributed by atoms with E-state index in [1.807, 2.05) is 43.0 Å². The van der Waals surface area contributed by atoms with Crippen LogP contribution in [0.2, 0.25) is 0 Å². The predicted octanol–water partition coefficient (Wildman–Crippen LogP) is 3.26. The number of pyridine rings is 1. The molecule has 2 N–H and O–H groups in total. The summed E-state index contributed by atoms with van der Waals surface area (Å²) in [6.45, 7) is 6.04. The molecule has 0 amide bonds. The second kappa shape index (κ2) is 9.03. The third-order valence-corrected chi connectivity index (χ3v) is 5.19. The van der Waals surface area contributed by atoms with Crippen molar-refractivity contribution >= 4 is 28.2 Å². The number of nitrogens with one attached hydrogen (secondary N) is 2. The van der Waals surface area contributed by atoms with Gasteiger partial charge in [-0.05, 0) is 60.8 Å².